The monoisotopic (exact) mass is 251 g/mol. The molecule has 0 saturated carbocycles. The van der Waals surface area contributed by atoms with Gasteiger partial charge in [0.05, 0.1) is 5.56 Å². The number of alkyl halides is 3. The van der Waals surface area contributed by atoms with Crippen LogP contribution in [0.4, 0.5) is 13.2 Å². The lowest BCUT2D eigenvalue weighted by molar-refractivity contribution is -0.137. The molecular weight excluding hydrogens is 239 g/mol. The quantitative estimate of drug-likeness (QED) is 0.753. The molecule has 0 heterocycles. The molecule has 3 N–H and O–H groups in total. The molecule has 90 valence electrons. The zero-order valence-corrected chi connectivity index (χ0v) is 9.40. The number of hydrogen-bond donors (Lipinski definition) is 2. The van der Waals surface area contributed by atoms with E-state index in [1.54, 1.807) is 6.92 Å². The minimum atomic E-state index is -4.31. The fourth-order valence-electron chi connectivity index (χ4n) is 0.823. The zero-order chi connectivity index (χ0) is 12.8. The van der Waals surface area contributed by atoms with Gasteiger partial charge in [-0.2, -0.15) is 13.2 Å². The first kappa shape index (κ1) is 14.9. The molecule has 0 aliphatic rings. The highest BCUT2D eigenvalue weighted by Crippen LogP contribution is 2.28. The van der Waals surface area contributed by atoms with E-state index in [1.807, 2.05) is 0 Å². The van der Waals surface area contributed by atoms with Crippen LogP contribution in [0, 0.1) is 0 Å². The molecule has 2 nitrogen and oxygen atoms in total. The summed E-state index contributed by atoms with van der Waals surface area (Å²) in [6, 6.07) is 4.42. The van der Waals surface area contributed by atoms with Gasteiger partial charge in [0.15, 0.2) is 0 Å². The van der Waals surface area contributed by atoms with Crippen LogP contribution in [0.2, 0.25) is 0 Å². The van der Waals surface area contributed by atoms with E-state index in [9.17, 15) is 13.2 Å². The molecule has 0 radical (unpaired) electrons. The number of halogens is 3. The Bertz CT molecular complexity index is 335. The van der Waals surface area contributed by atoms with Gasteiger partial charge in [-0.1, -0.05) is 24.4 Å². The Hall–Kier alpha value is -1.14. The highest BCUT2D eigenvalue weighted by atomic mass is 32.1. The van der Waals surface area contributed by atoms with Crippen LogP contribution in [0.25, 0.3) is 0 Å². The normalized spacial score (nSPS) is 10.3. The first-order valence-corrected chi connectivity index (χ1v) is 4.81. The third-order valence-electron chi connectivity index (χ3n) is 1.50. The van der Waals surface area contributed by atoms with Crippen LogP contribution in [0.3, 0.4) is 0 Å². The van der Waals surface area contributed by atoms with Gasteiger partial charge in [0.2, 0.25) is 0 Å². The van der Waals surface area contributed by atoms with Crippen LogP contribution < -0.4 is 5.73 Å². The van der Waals surface area contributed by atoms with Crippen molar-refractivity contribution in [2.45, 2.75) is 13.1 Å². The van der Waals surface area contributed by atoms with Crippen molar-refractivity contribution < 1.29 is 18.3 Å². The Balaban J connectivity index is 0.000000673. The van der Waals surface area contributed by atoms with Gasteiger partial charge in [-0.05, 0) is 19.1 Å². The molecule has 0 amide bonds. The molecule has 1 rings (SSSR count). The fourth-order valence-corrected chi connectivity index (χ4v) is 0.960. The van der Waals surface area contributed by atoms with E-state index in [0.717, 1.165) is 12.1 Å². The van der Waals surface area contributed by atoms with Crippen molar-refractivity contribution in [2.24, 2.45) is 5.73 Å². The Morgan fingerprint density at radius 2 is 1.69 bits per heavy atom. The molecule has 6 heteroatoms. The predicted octanol–water partition coefficient (Wildman–Crippen LogP) is 2.34. The van der Waals surface area contributed by atoms with Crippen LogP contribution >= 0.6 is 12.2 Å². The smallest absolute Gasteiger partial charge is 0.397 e. The van der Waals surface area contributed by atoms with Gasteiger partial charge in [-0.25, -0.2) is 0 Å². The Morgan fingerprint density at radius 3 is 1.94 bits per heavy atom. The third kappa shape index (κ3) is 5.09. The predicted molar refractivity (Wildman–Crippen MR) is 60.1 cm³/mol. The number of benzene rings is 1. The topological polar surface area (TPSA) is 46.2 Å². The summed E-state index contributed by atoms with van der Waals surface area (Å²) in [4.78, 5) is 0.0914. The summed E-state index contributed by atoms with van der Waals surface area (Å²) in [5.74, 6) is 0. The zero-order valence-electron chi connectivity index (χ0n) is 8.58. The Kier molecular flexibility index (Phi) is 5.98. The highest BCUT2D eigenvalue weighted by Gasteiger charge is 2.29. The summed E-state index contributed by atoms with van der Waals surface area (Å²) >= 11 is 4.60. The molecule has 16 heavy (non-hydrogen) atoms. The van der Waals surface area contributed by atoms with Crippen LogP contribution in [0.5, 0.6) is 0 Å². The summed E-state index contributed by atoms with van der Waals surface area (Å²) < 4.78 is 36.2. The van der Waals surface area contributed by atoms with E-state index in [4.69, 9.17) is 10.8 Å². The highest BCUT2D eigenvalue weighted by molar-refractivity contribution is 7.80. The molecular formula is C10H12F3NOS. The van der Waals surface area contributed by atoms with E-state index >= 15 is 0 Å². The van der Waals surface area contributed by atoms with E-state index in [1.165, 1.54) is 12.1 Å². The lowest BCUT2D eigenvalue weighted by Gasteiger charge is -2.06. The molecule has 0 spiro atoms. The van der Waals surface area contributed by atoms with E-state index in [0.29, 0.717) is 5.56 Å². The largest absolute Gasteiger partial charge is 0.416 e. The Morgan fingerprint density at radius 1 is 1.31 bits per heavy atom. The average Bonchev–Trinajstić information content (AvgIpc) is 2.18. The Labute approximate surface area is 96.9 Å². The standard InChI is InChI=1S/C8H6F3NS.C2H6O/c9-8(10,11)6-3-1-5(2-4-6)7(12)13;1-2-3/h1-4H,(H2,12,13);3H,2H2,1H3. The number of aliphatic hydroxyl groups excluding tert-OH is 1. The minimum Gasteiger partial charge on any atom is -0.397 e. The van der Waals surface area contributed by atoms with Crippen molar-refractivity contribution in [3.8, 4) is 0 Å². The number of thiocarbonyl (C=S) groups is 1. The molecule has 0 aliphatic carbocycles. The minimum absolute atomic E-state index is 0.0914. The molecule has 0 saturated heterocycles. The van der Waals surface area contributed by atoms with Gasteiger partial charge in [0, 0.05) is 12.2 Å². The summed E-state index contributed by atoms with van der Waals surface area (Å²) in [6.45, 7) is 1.93. The van der Waals surface area contributed by atoms with Crippen molar-refractivity contribution in [3.05, 3.63) is 35.4 Å². The molecule has 1 aromatic carbocycles. The van der Waals surface area contributed by atoms with Crippen LogP contribution in [0.15, 0.2) is 24.3 Å². The van der Waals surface area contributed by atoms with Gasteiger partial charge in [0.1, 0.15) is 4.99 Å². The van der Waals surface area contributed by atoms with Crippen molar-refractivity contribution in [3.63, 3.8) is 0 Å². The number of rotatable bonds is 1. The van der Waals surface area contributed by atoms with E-state index < -0.39 is 11.7 Å². The molecule has 0 aromatic heterocycles. The molecule has 1 aromatic rings. The summed E-state index contributed by atoms with van der Waals surface area (Å²) in [5.41, 5.74) is 4.96. The van der Waals surface area contributed by atoms with Crippen LogP contribution in [0.1, 0.15) is 18.1 Å². The van der Waals surface area contributed by atoms with Gasteiger partial charge in [-0.15, -0.1) is 0 Å². The maximum absolute atomic E-state index is 12.1. The first-order valence-electron chi connectivity index (χ1n) is 4.40. The van der Waals surface area contributed by atoms with Crippen molar-refractivity contribution in [1.29, 1.82) is 0 Å². The number of aliphatic hydroxyl groups is 1. The van der Waals surface area contributed by atoms with Crippen molar-refractivity contribution in [2.75, 3.05) is 6.61 Å². The summed E-state index contributed by atoms with van der Waals surface area (Å²) in [6.07, 6.45) is -4.31. The van der Waals surface area contributed by atoms with Crippen molar-refractivity contribution >= 4 is 17.2 Å². The molecule has 0 fully saturated rings. The van der Waals surface area contributed by atoms with Gasteiger partial charge in [-0.3, -0.25) is 0 Å². The second-order valence-electron chi connectivity index (χ2n) is 2.76. The average molecular weight is 251 g/mol. The summed E-state index contributed by atoms with van der Waals surface area (Å²) in [5, 5.41) is 7.57. The number of nitrogens with two attached hydrogens (primary N) is 1. The van der Waals surface area contributed by atoms with Crippen molar-refractivity contribution in [1.82, 2.24) is 0 Å². The van der Waals surface area contributed by atoms with Crippen LogP contribution in [-0.4, -0.2) is 16.7 Å². The number of hydrogen-bond acceptors (Lipinski definition) is 2. The fraction of sp³-hybridized carbons (Fsp3) is 0.300. The molecule has 0 bridgehead atoms. The molecule has 0 atom stereocenters. The lowest BCUT2D eigenvalue weighted by Crippen LogP contribution is -2.10. The second-order valence-corrected chi connectivity index (χ2v) is 3.20. The van der Waals surface area contributed by atoms with Gasteiger partial charge < -0.3 is 10.8 Å². The summed E-state index contributed by atoms with van der Waals surface area (Å²) in [7, 11) is 0. The van der Waals surface area contributed by atoms with E-state index in [2.05, 4.69) is 12.2 Å². The second kappa shape index (κ2) is 6.44. The van der Waals surface area contributed by atoms with E-state index in [-0.39, 0.29) is 11.6 Å². The first-order chi connectivity index (χ1) is 7.32. The van der Waals surface area contributed by atoms with Gasteiger partial charge >= 0.3 is 6.18 Å². The maximum Gasteiger partial charge on any atom is 0.416 e. The van der Waals surface area contributed by atoms with Gasteiger partial charge in [0.25, 0.3) is 0 Å². The third-order valence-corrected chi connectivity index (χ3v) is 1.73. The van der Waals surface area contributed by atoms with Crippen LogP contribution in [-0.2, 0) is 6.18 Å². The molecule has 0 aliphatic heterocycles. The maximum atomic E-state index is 12.1. The molecule has 0 unspecified atom stereocenters. The SMILES string of the molecule is CCO.NC(=S)c1ccc(C(F)(F)F)cc1. The lowest BCUT2D eigenvalue weighted by atomic mass is 10.1.